The summed E-state index contributed by atoms with van der Waals surface area (Å²) in [7, 11) is 0. The van der Waals surface area contributed by atoms with Gasteiger partial charge in [0.05, 0.1) is 0 Å². The molecule has 0 radical (unpaired) electrons. The minimum Gasteiger partial charge on any atom is -0.432 e. The van der Waals surface area contributed by atoms with Gasteiger partial charge in [0.2, 0.25) is 0 Å². The Morgan fingerprint density at radius 2 is 2.20 bits per heavy atom. The molecule has 1 aromatic carbocycles. The van der Waals surface area contributed by atoms with Crippen molar-refractivity contribution in [3.63, 3.8) is 0 Å². The normalized spacial score (nSPS) is 10.6. The van der Waals surface area contributed by atoms with Crippen molar-refractivity contribution in [1.82, 2.24) is 4.98 Å². The Morgan fingerprint density at radius 1 is 1.40 bits per heavy atom. The van der Waals surface area contributed by atoms with Gasteiger partial charge in [-0.25, -0.2) is 0 Å². The predicted molar refractivity (Wildman–Crippen MR) is 61.1 cm³/mol. The topological polar surface area (TPSA) is 26.0 Å². The molecule has 0 amide bonds. The van der Waals surface area contributed by atoms with Gasteiger partial charge in [0, 0.05) is 12.0 Å². The number of oxazole rings is 1. The maximum absolute atomic E-state index is 5.76. The van der Waals surface area contributed by atoms with Crippen LogP contribution in [0.4, 0.5) is 0 Å². The molecular formula is C12H12ClNO. The lowest BCUT2D eigenvalue weighted by Gasteiger charge is -1.99. The summed E-state index contributed by atoms with van der Waals surface area (Å²) in [5, 5.41) is 0.211. The van der Waals surface area contributed by atoms with Gasteiger partial charge < -0.3 is 4.42 Å². The minimum atomic E-state index is 0.211. The van der Waals surface area contributed by atoms with E-state index in [4.69, 9.17) is 16.0 Å². The minimum absolute atomic E-state index is 0.211. The van der Waals surface area contributed by atoms with Crippen molar-refractivity contribution >= 4 is 11.6 Å². The second-order valence-electron chi connectivity index (χ2n) is 3.46. The van der Waals surface area contributed by atoms with Crippen molar-refractivity contribution in [1.29, 1.82) is 0 Å². The van der Waals surface area contributed by atoms with Crippen molar-refractivity contribution in [3.05, 3.63) is 40.9 Å². The molecule has 0 aliphatic heterocycles. The molecule has 0 saturated carbocycles. The van der Waals surface area contributed by atoms with E-state index >= 15 is 0 Å². The molecule has 15 heavy (non-hydrogen) atoms. The summed E-state index contributed by atoms with van der Waals surface area (Å²) in [5.41, 5.74) is 3.11. The van der Waals surface area contributed by atoms with Crippen LogP contribution >= 0.6 is 11.6 Å². The Bertz CT molecular complexity index is 476. The number of hydrogen-bond donors (Lipinski definition) is 0. The Morgan fingerprint density at radius 3 is 2.87 bits per heavy atom. The summed E-state index contributed by atoms with van der Waals surface area (Å²) >= 11 is 5.76. The van der Waals surface area contributed by atoms with Crippen LogP contribution in [0.25, 0.3) is 11.3 Å². The van der Waals surface area contributed by atoms with E-state index in [1.165, 1.54) is 5.56 Å². The highest BCUT2D eigenvalue weighted by Gasteiger charge is 2.11. The van der Waals surface area contributed by atoms with Crippen molar-refractivity contribution in [3.8, 4) is 11.3 Å². The number of nitrogens with zero attached hydrogens (tertiary/aromatic N) is 1. The molecule has 0 bridgehead atoms. The lowest BCUT2D eigenvalue weighted by Crippen LogP contribution is -1.84. The average molecular weight is 222 g/mol. The molecule has 0 N–H and O–H groups in total. The summed E-state index contributed by atoms with van der Waals surface area (Å²) in [6.07, 6.45) is 0.795. The summed E-state index contributed by atoms with van der Waals surface area (Å²) in [5.74, 6) is 0.839. The number of halogens is 1. The SMILES string of the molecule is CCc1oc(Cl)nc1-c1cccc(C)c1. The fourth-order valence-corrected chi connectivity index (χ4v) is 1.76. The molecule has 1 heterocycles. The van der Waals surface area contributed by atoms with Gasteiger partial charge in [-0.3, -0.25) is 0 Å². The summed E-state index contributed by atoms with van der Waals surface area (Å²) in [6.45, 7) is 4.08. The van der Waals surface area contributed by atoms with Gasteiger partial charge in [-0.2, -0.15) is 4.98 Å². The lowest BCUT2D eigenvalue weighted by molar-refractivity contribution is 0.513. The molecule has 2 aromatic rings. The fraction of sp³-hybridized carbons (Fsp3) is 0.250. The number of aromatic nitrogens is 1. The van der Waals surface area contributed by atoms with Crippen molar-refractivity contribution in [2.75, 3.05) is 0 Å². The molecule has 0 fully saturated rings. The smallest absolute Gasteiger partial charge is 0.292 e. The average Bonchev–Trinajstić information content (AvgIpc) is 2.59. The third kappa shape index (κ3) is 2.05. The molecule has 0 saturated heterocycles. The third-order valence-electron chi connectivity index (χ3n) is 2.28. The second-order valence-corrected chi connectivity index (χ2v) is 3.78. The summed E-state index contributed by atoms with van der Waals surface area (Å²) in [6, 6.07) is 8.15. The van der Waals surface area contributed by atoms with E-state index in [1.807, 2.05) is 19.1 Å². The first kappa shape index (κ1) is 10.2. The molecule has 2 nitrogen and oxygen atoms in total. The molecule has 0 atom stereocenters. The van der Waals surface area contributed by atoms with Crippen LogP contribution in [0.3, 0.4) is 0 Å². The van der Waals surface area contributed by atoms with E-state index in [0.29, 0.717) is 0 Å². The standard InChI is InChI=1S/C12H12ClNO/c1-3-10-11(14-12(13)15-10)9-6-4-5-8(2)7-9/h4-7H,3H2,1-2H3. The maximum atomic E-state index is 5.76. The van der Waals surface area contributed by atoms with Crippen LogP contribution < -0.4 is 0 Å². The van der Waals surface area contributed by atoms with Crippen molar-refractivity contribution < 1.29 is 4.42 Å². The number of benzene rings is 1. The highest BCUT2D eigenvalue weighted by atomic mass is 35.5. The molecule has 0 aliphatic carbocycles. The summed E-state index contributed by atoms with van der Waals surface area (Å²) < 4.78 is 5.31. The van der Waals surface area contributed by atoms with Gasteiger partial charge in [-0.1, -0.05) is 30.7 Å². The van der Waals surface area contributed by atoms with Gasteiger partial charge in [0.25, 0.3) is 5.35 Å². The maximum Gasteiger partial charge on any atom is 0.292 e. The van der Waals surface area contributed by atoms with Gasteiger partial charge >= 0.3 is 0 Å². The van der Waals surface area contributed by atoms with Crippen LogP contribution in [-0.2, 0) is 6.42 Å². The molecular weight excluding hydrogens is 210 g/mol. The highest BCUT2D eigenvalue weighted by Crippen LogP contribution is 2.26. The van der Waals surface area contributed by atoms with Gasteiger partial charge in [0.15, 0.2) is 0 Å². The number of rotatable bonds is 2. The Hall–Kier alpha value is -1.28. The summed E-state index contributed by atoms with van der Waals surface area (Å²) in [4.78, 5) is 4.19. The zero-order chi connectivity index (χ0) is 10.8. The van der Waals surface area contributed by atoms with Crippen LogP contribution in [0.2, 0.25) is 5.35 Å². The van der Waals surface area contributed by atoms with Crippen molar-refractivity contribution in [2.24, 2.45) is 0 Å². The quantitative estimate of drug-likeness (QED) is 0.770. The number of aryl methyl sites for hydroxylation is 2. The zero-order valence-electron chi connectivity index (χ0n) is 8.75. The van der Waals surface area contributed by atoms with Gasteiger partial charge in [-0.15, -0.1) is 0 Å². The van der Waals surface area contributed by atoms with Gasteiger partial charge in [-0.05, 0) is 24.6 Å². The molecule has 0 aliphatic rings. The van der Waals surface area contributed by atoms with E-state index in [0.717, 1.165) is 23.4 Å². The van der Waals surface area contributed by atoms with Gasteiger partial charge in [0.1, 0.15) is 11.5 Å². The zero-order valence-corrected chi connectivity index (χ0v) is 9.51. The Labute approximate surface area is 93.9 Å². The third-order valence-corrected chi connectivity index (χ3v) is 2.45. The largest absolute Gasteiger partial charge is 0.432 e. The van der Waals surface area contributed by atoms with Crippen LogP contribution in [0, 0.1) is 6.92 Å². The fourth-order valence-electron chi connectivity index (χ4n) is 1.58. The van der Waals surface area contributed by atoms with E-state index in [1.54, 1.807) is 0 Å². The van der Waals surface area contributed by atoms with E-state index in [9.17, 15) is 0 Å². The Kier molecular flexibility index (Phi) is 2.78. The van der Waals surface area contributed by atoms with Crippen LogP contribution in [0.1, 0.15) is 18.2 Å². The second kappa shape index (κ2) is 4.07. The number of hydrogen-bond acceptors (Lipinski definition) is 2. The Balaban J connectivity index is 2.53. The molecule has 2 rings (SSSR count). The van der Waals surface area contributed by atoms with E-state index in [2.05, 4.69) is 24.0 Å². The van der Waals surface area contributed by atoms with Crippen LogP contribution in [0.15, 0.2) is 28.7 Å². The molecule has 0 spiro atoms. The first-order valence-corrected chi connectivity index (χ1v) is 5.30. The van der Waals surface area contributed by atoms with E-state index < -0.39 is 0 Å². The predicted octanol–water partition coefficient (Wildman–Crippen LogP) is 3.87. The lowest BCUT2D eigenvalue weighted by atomic mass is 10.1. The van der Waals surface area contributed by atoms with Crippen LogP contribution in [-0.4, -0.2) is 4.98 Å². The molecule has 3 heteroatoms. The molecule has 1 aromatic heterocycles. The first-order valence-electron chi connectivity index (χ1n) is 4.93. The highest BCUT2D eigenvalue weighted by molar-refractivity contribution is 6.27. The molecule has 0 unspecified atom stereocenters. The van der Waals surface area contributed by atoms with E-state index in [-0.39, 0.29) is 5.35 Å². The first-order chi connectivity index (χ1) is 7.20. The monoisotopic (exact) mass is 221 g/mol. The van der Waals surface area contributed by atoms with Crippen molar-refractivity contribution in [2.45, 2.75) is 20.3 Å². The molecule has 78 valence electrons. The van der Waals surface area contributed by atoms with Crippen LogP contribution in [0.5, 0.6) is 0 Å².